The second kappa shape index (κ2) is 10.5. The van der Waals surface area contributed by atoms with Crippen LogP contribution in [0.5, 0.6) is 0 Å². The smallest absolute Gasteiger partial charge is 0.191 e. The molecule has 0 aliphatic carbocycles. The van der Waals surface area contributed by atoms with Crippen molar-refractivity contribution in [2.75, 3.05) is 19.5 Å². The summed E-state index contributed by atoms with van der Waals surface area (Å²) in [5, 5.41) is 30.3. The number of H-pyrrole nitrogens is 1. The second-order valence-corrected chi connectivity index (χ2v) is 8.51. The van der Waals surface area contributed by atoms with Gasteiger partial charge >= 0.3 is 0 Å². The van der Waals surface area contributed by atoms with Gasteiger partial charge in [0, 0.05) is 30.8 Å². The lowest BCUT2D eigenvalue weighted by Crippen LogP contribution is -2.06. The third kappa shape index (κ3) is 5.20. The summed E-state index contributed by atoms with van der Waals surface area (Å²) in [4.78, 5) is 7.50. The number of rotatable bonds is 9. The van der Waals surface area contributed by atoms with E-state index in [4.69, 9.17) is 16.3 Å². The summed E-state index contributed by atoms with van der Waals surface area (Å²) in [7, 11) is 1.66. The van der Waals surface area contributed by atoms with Gasteiger partial charge in [-0.1, -0.05) is 35.5 Å². The lowest BCUT2D eigenvalue weighted by Gasteiger charge is -2.10. The number of hydrogen-bond acceptors (Lipinski definition) is 7. The summed E-state index contributed by atoms with van der Waals surface area (Å²) < 4.78 is 7.17. The topological polar surface area (TPSA) is 113 Å². The van der Waals surface area contributed by atoms with Gasteiger partial charge in [-0.05, 0) is 42.8 Å². The number of aromatic nitrogens is 5. The van der Waals surface area contributed by atoms with E-state index in [1.165, 1.54) is 11.8 Å². The Balaban J connectivity index is 1.59. The summed E-state index contributed by atoms with van der Waals surface area (Å²) in [6.07, 6.45) is 0.771. The Morgan fingerprint density at radius 1 is 1.21 bits per heavy atom. The number of para-hydroxylation sites is 2. The van der Waals surface area contributed by atoms with Gasteiger partial charge < -0.3 is 19.4 Å². The minimum absolute atomic E-state index is 0.0824. The largest absolute Gasteiger partial charge is 0.510 e. The molecule has 2 aromatic carbocycles. The molecule has 168 valence electrons. The Labute approximate surface area is 199 Å². The molecule has 2 N–H and O–H groups in total. The number of methoxy groups -OCH3 is 1. The molecule has 2 heterocycles. The van der Waals surface area contributed by atoms with Crippen LogP contribution in [0.4, 0.5) is 0 Å². The van der Waals surface area contributed by atoms with Crippen molar-refractivity contribution in [3.8, 4) is 17.5 Å². The van der Waals surface area contributed by atoms with Gasteiger partial charge in [-0.2, -0.15) is 5.26 Å². The molecule has 0 saturated heterocycles. The standard InChI is InChI=1S/C23H21ClN6O2S/c1-32-12-4-11-30-22(15-7-9-16(24)10-8-15)28-29-23(30)33-14-20(31)17(13-25)21-26-18-5-2-3-6-19(18)27-21/h2-3,5-10,31H,4,11-12,14H2,1H3,(H,26,27)/b20-17-. The molecule has 4 rings (SSSR count). The highest BCUT2D eigenvalue weighted by Gasteiger charge is 2.18. The molecule has 0 unspecified atom stereocenters. The minimum Gasteiger partial charge on any atom is -0.510 e. The van der Waals surface area contributed by atoms with Gasteiger partial charge in [0.2, 0.25) is 0 Å². The average Bonchev–Trinajstić information content (AvgIpc) is 3.43. The number of aliphatic hydroxyl groups excluding tert-OH is 1. The molecule has 2 aromatic heterocycles. The minimum atomic E-state index is -0.0824. The van der Waals surface area contributed by atoms with Crippen LogP contribution < -0.4 is 0 Å². The number of allylic oxidation sites excluding steroid dienone is 1. The molecule has 0 saturated carbocycles. The first-order valence-electron chi connectivity index (χ1n) is 10.2. The van der Waals surface area contributed by atoms with E-state index in [0.717, 1.165) is 23.0 Å². The molecule has 8 nitrogen and oxygen atoms in total. The van der Waals surface area contributed by atoms with Crippen molar-refractivity contribution in [2.45, 2.75) is 18.1 Å². The summed E-state index contributed by atoms with van der Waals surface area (Å²) in [6.45, 7) is 1.23. The van der Waals surface area contributed by atoms with Gasteiger partial charge in [0.25, 0.3) is 0 Å². The Kier molecular flexibility index (Phi) is 7.29. The van der Waals surface area contributed by atoms with Crippen molar-refractivity contribution in [1.29, 1.82) is 5.26 Å². The molecule has 0 aliphatic rings. The molecule has 0 atom stereocenters. The van der Waals surface area contributed by atoms with E-state index in [1.807, 2.05) is 41.0 Å². The van der Waals surface area contributed by atoms with E-state index in [0.29, 0.717) is 35.0 Å². The van der Waals surface area contributed by atoms with E-state index in [1.54, 1.807) is 19.2 Å². The van der Waals surface area contributed by atoms with E-state index in [2.05, 4.69) is 26.2 Å². The third-order valence-corrected chi connectivity index (χ3v) is 6.14. The van der Waals surface area contributed by atoms with Gasteiger partial charge in [-0.3, -0.25) is 0 Å². The van der Waals surface area contributed by atoms with E-state index >= 15 is 0 Å². The van der Waals surface area contributed by atoms with Gasteiger partial charge in [0.1, 0.15) is 17.4 Å². The highest BCUT2D eigenvalue weighted by atomic mass is 35.5. The fourth-order valence-electron chi connectivity index (χ4n) is 3.31. The molecule has 0 fully saturated rings. The van der Waals surface area contributed by atoms with Crippen LogP contribution in [0.3, 0.4) is 0 Å². The maximum Gasteiger partial charge on any atom is 0.191 e. The molecular formula is C23H21ClN6O2S. The molecule has 0 bridgehead atoms. The Morgan fingerprint density at radius 2 is 2.00 bits per heavy atom. The quantitative estimate of drug-likeness (QED) is 0.148. The van der Waals surface area contributed by atoms with Crippen LogP contribution in [0.2, 0.25) is 5.02 Å². The predicted octanol–water partition coefficient (Wildman–Crippen LogP) is 5.10. The van der Waals surface area contributed by atoms with Crippen LogP contribution in [0.15, 0.2) is 59.4 Å². The fourth-order valence-corrected chi connectivity index (χ4v) is 4.28. The molecule has 0 spiro atoms. The number of ether oxygens (including phenoxy) is 1. The first-order chi connectivity index (χ1) is 16.1. The van der Waals surface area contributed by atoms with E-state index in [-0.39, 0.29) is 17.1 Å². The number of aliphatic hydroxyl groups is 1. The number of imidazole rings is 1. The van der Waals surface area contributed by atoms with Gasteiger partial charge in [-0.25, -0.2) is 4.98 Å². The van der Waals surface area contributed by atoms with Crippen molar-refractivity contribution < 1.29 is 9.84 Å². The number of nitrogens with zero attached hydrogens (tertiary/aromatic N) is 5. The van der Waals surface area contributed by atoms with Crippen molar-refractivity contribution in [3.05, 3.63) is 65.1 Å². The summed E-state index contributed by atoms with van der Waals surface area (Å²) in [5.74, 6) is 1.09. The number of halogens is 1. The lowest BCUT2D eigenvalue weighted by molar-refractivity contribution is 0.189. The number of fused-ring (bicyclic) bond motifs is 1. The van der Waals surface area contributed by atoms with Gasteiger partial charge in [0.05, 0.1) is 16.8 Å². The maximum absolute atomic E-state index is 10.7. The molecule has 33 heavy (non-hydrogen) atoms. The first kappa shape index (κ1) is 22.9. The Hall–Kier alpha value is -3.32. The predicted molar refractivity (Wildman–Crippen MR) is 129 cm³/mol. The SMILES string of the molecule is COCCCn1c(SC/C(O)=C(\C#N)c2nc3ccccc3[nH]2)nnc1-c1ccc(Cl)cc1. The zero-order chi connectivity index (χ0) is 23.2. The monoisotopic (exact) mass is 480 g/mol. The van der Waals surface area contributed by atoms with Crippen LogP contribution in [-0.2, 0) is 11.3 Å². The van der Waals surface area contributed by atoms with Crippen LogP contribution in [0.25, 0.3) is 28.0 Å². The number of benzene rings is 2. The number of thioether (sulfide) groups is 1. The van der Waals surface area contributed by atoms with Crippen LogP contribution in [0, 0.1) is 11.3 Å². The van der Waals surface area contributed by atoms with Crippen LogP contribution in [-0.4, -0.2) is 49.3 Å². The summed E-state index contributed by atoms with van der Waals surface area (Å²) in [5.41, 5.74) is 2.51. The maximum atomic E-state index is 10.7. The Bertz CT molecular complexity index is 1290. The van der Waals surface area contributed by atoms with Crippen molar-refractivity contribution in [3.63, 3.8) is 0 Å². The zero-order valence-electron chi connectivity index (χ0n) is 17.8. The first-order valence-corrected chi connectivity index (χ1v) is 11.5. The lowest BCUT2D eigenvalue weighted by atomic mass is 10.2. The molecule has 4 aromatic rings. The van der Waals surface area contributed by atoms with E-state index in [9.17, 15) is 10.4 Å². The summed E-state index contributed by atoms with van der Waals surface area (Å²) in [6, 6.07) is 16.9. The van der Waals surface area contributed by atoms with Crippen molar-refractivity contribution in [2.24, 2.45) is 0 Å². The fraction of sp³-hybridized carbons (Fsp3) is 0.217. The van der Waals surface area contributed by atoms with Crippen LogP contribution in [0.1, 0.15) is 12.2 Å². The Morgan fingerprint density at radius 3 is 2.73 bits per heavy atom. The van der Waals surface area contributed by atoms with Crippen molar-refractivity contribution >= 4 is 40.0 Å². The van der Waals surface area contributed by atoms with E-state index < -0.39 is 0 Å². The van der Waals surface area contributed by atoms with Gasteiger partial charge in [0.15, 0.2) is 16.8 Å². The number of nitrogens with one attached hydrogen (secondary N) is 1. The number of aromatic amines is 1. The number of nitriles is 1. The highest BCUT2D eigenvalue weighted by Crippen LogP contribution is 2.28. The van der Waals surface area contributed by atoms with Crippen LogP contribution >= 0.6 is 23.4 Å². The molecule has 0 aliphatic heterocycles. The average molecular weight is 481 g/mol. The van der Waals surface area contributed by atoms with Crippen molar-refractivity contribution in [1.82, 2.24) is 24.7 Å². The molecule has 0 radical (unpaired) electrons. The summed E-state index contributed by atoms with van der Waals surface area (Å²) >= 11 is 7.32. The number of hydrogen-bond donors (Lipinski definition) is 2. The molecule has 0 amide bonds. The highest BCUT2D eigenvalue weighted by molar-refractivity contribution is 7.99. The molecular weight excluding hydrogens is 460 g/mol. The zero-order valence-corrected chi connectivity index (χ0v) is 19.4. The normalized spacial score (nSPS) is 12.0. The molecule has 10 heteroatoms. The third-order valence-electron chi connectivity index (χ3n) is 4.91. The van der Waals surface area contributed by atoms with Gasteiger partial charge in [-0.15, -0.1) is 10.2 Å². The second-order valence-electron chi connectivity index (χ2n) is 7.14.